The highest BCUT2D eigenvalue weighted by molar-refractivity contribution is 5.71. The van der Waals surface area contributed by atoms with Gasteiger partial charge in [0.25, 0.3) is 0 Å². The minimum absolute atomic E-state index is 0.0873. The molecule has 0 aromatic heterocycles. The van der Waals surface area contributed by atoms with E-state index in [1.165, 1.54) is 148 Å². The zero-order valence-corrected chi connectivity index (χ0v) is 40.9. The summed E-state index contributed by atoms with van der Waals surface area (Å²) >= 11 is 0. The first kappa shape index (κ1) is 59.1. The number of hydrogen-bond donors (Lipinski definition) is 0. The maximum absolute atomic E-state index is 12.8. The van der Waals surface area contributed by atoms with Gasteiger partial charge in [0.05, 0.1) is 0 Å². The van der Waals surface area contributed by atoms with E-state index in [2.05, 4.69) is 51.2 Å². The Kier molecular flexibility index (Phi) is 48.4. The predicted molar refractivity (Wildman–Crippen MR) is 265 cm³/mol. The van der Waals surface area contributed by atoms with Crippen molar-refractivity contribution in [3.8, 4) is 0 Å². The average Bonchev–Trinajstić information content (AvgIpc) is 3.27. The van der Waals surface area contributed by atoms with E-state index < -0.39 is 6.10 Å². The number of esters is 3. The summed E-state index contributed by atoms with van der Waals surface area (Å²) in [6.45, 7) is 6.47. The molecular weight excluding hydrogens is 769 g/mol. The number of allylic oxidation sites excluding steroid dienone is 10. The molecule has 62 heavy (non-hydrogen) atoms. The molecule has 0 rings (SSSR count). The largest absolute Gasteiger partial charge is 0.462 e. The number of unbranched alkanes of at least 4 members (excludes halogenated alkanes) is 29. The normalized spacial score (nSPS) is 12.5. The van der Waals surface area contributed by atoms with Crippen LogP contribution in [-0.4, -0.2) is 37.2 Å². The maximum Gasteiger partial charge on any atom is 0.306 e. The van der Waals surface area contributed by atoms with Crippen molar-refractivity contribution in [1.82, 2.24) is 0 Å². The molecule has 0 aromatic rings. The molecule has 0 radical (unpaired) electrons. The van der Waals surface area contributed by atoms with E-state index >= 15 is 0 Å². The molecule has 0 saturated heterocycles. The highest BCUT2D eigenvalue weighted by atomic mass is 16.6. The van der Waals surface area contributed by atoms with Crippen LogP contribution < -0.4 is 0 Å². The highest BCUT2D eigenvalue weighted by Crippen LogP contribution is 2.15. The van der Waals surface area contributed by atoms with Gasteiger partial charge < -0.3 is 14.2 Å². The Hall–Kier alpha value is -2.89. The Morgan fingerprint density at radius 2 is 0.645 bits per heavy atom. The molecule has 0 aliphatic heterocycles. The van der Waals surface area contributed by atoms with Crippen molar-refractivity contribution >= 4 is 17.9 Å². The van der Waals surface area contributed by atoms with Gasteiger partial charge in [0.15, 0.2) is 6.10 Å². The Morgan fingerprint density at radius 1 is 0.339 bits per heavy atom. The molecule has 0 aliphatic rings. The molecule has 0 N–H and O–H groups in total. The first-order valence-electron chi connectivity index (χ1n) is 26.3. The third-order valence-electron chi connectivity index (χ3n) is 11.4. The third-order valence-corrected chi connectivity index (χ3v) is 11.4. The fourth-order valence-electron chi connectivity index (χ4n) is 7.39. The summed E-state index contributed by atoms with van der Waals surface area (Å²) in [6, 6.07) is 0. The maximum atomic E-state index is 12.8. The van der Waals surface area contributed by atoms with Crippen LogP contribution in [0.4, 0.5) is 0 Å². The molecular formula is C56H98O6. The van der Waals surface area contributed by atoms with Gasteiger partial charge in [-0.3, -0.25) is 14.4 Å². The van der Waals surface area contributed by atoms with Gasteiger partial charge >= 0.3 is 17.9 Å². The molecule has 1 unspecified atom stereocenters. The molecule has 0 heterocycles. The van der Waals surface area contributed by atoms with Gasteiger partial charge in [-0.05, 0) is 64.2 Å². The first-order valence-corrected chi connectivity index (χ1v) is 26.3. The van der Waals surface area contributed by atoms with Gasteiger partial charge in [0.2, 0.25) is 0 Å². The Labute approximate surface area is 383 Å². The molecule has 0 spiro atoms. The van der Waals surface area contributed by atoms with E-state index in [1.54, 1.807) is 0 Å². The van der Waals surface area contributed by atoms with E-state index in [0.29, 0.717) is 19.3 Å². The fraction of sp³-hybridized carbons (Fsp3) is 0.768. The van der Waals surface area contributed by atoms with Crippen molar-refractivity contribution in [2.24, 2.45) is 0 Å². The number of carbonyl (C=O) groups excluding carboxylic acids is 3. The summed E-state index contributed by atoms with van der Waals surface area (Å²) in [4.78, 5) is 38.0. The summed E-state index contributed by atoms with van der Waals surface area (Å²) in [5.74, 6) is -0.925. The van der Waals surface area contributed by atoms with Gasteiger partial charge in [-0.25, -0.2) is 0 Å². The van der Waals surface area contributed by atoms with Gasteiger partial charge in [-0.15, -0.1) is 0 Å². The second-order valence-electron chi connectivity index (χ2n) is 17.5. The molecule has 6 nitrogen and oxygen atoms in total. The van der Waals surface area contributed by atoms with Crippen LogP contribution in [0.25, 0.3) is 0 Å². The second kappa shape index (κ2) is 50.8. The van der Waals surface area contributed by atoms with Crippen molar-refractivity contribution < 1.29 is 28.6 Å². The number of ether oxygens (including phenoxy) is 3. The van der Waals surface area contributed by atoms with Crippen LogP contribution in [0, 0.1) is 0 Å². The van der Waals surface area contributed by atoms with Crippen molar-refractivity contribution in [3.05, 3.63) is 60.8 Å². The predicted octanol–water partition coefficient (Wildman–Crippen LogP) is 17.3. The second-order valence-corrected chi connectivity index (χ2v) is 17.5. The molecule has 0 aliphatic carbocycles. The topological polar surface area (TPSA) is 78.9 Å². The molecule has 0 bridgehead atoms. The molecule has 6 heteroatoms. The van der Waals surface area contributed by atoms with E-state index in [9.17, 15) is 14.4 Å². The zero-order chi connectivity index (χ0) is 45.1. The number of rotatable bonds is 47. The van der Waals surface area contributed by atoms with Crippen LogP contribution in [0.3, 0.4) is 0 Å². The van der Waals surface area contributed by atoms with Gasteiger partial charge in [0.1, 0.15) is 13.2 Å². The Balaban J connectivity index is 4.40. The van der Waals surface area contributed by atoms with Gasteiger partial charge in [-0.2, -0.15) is 0 Å². The lowest BCUT2D eigenvalue weighted by Crippen LogP contribution is -2.30. The molecule has 1 atom stereocenters. The van der Waals surface area contributed by atoms with E-state index in [0.717, 1.165) is 70.6 Å². The summed E-state index contributed by atoms with van der Waals surface area (Å²) in [7, 11) is 0. The highest BCUT2D eigenvalue weighted by Gasteiger charge is 2.19. The fourth-order valence-corrected chi connectivity index (χ4v) is 7.39. The van der Waals surface area contributed by atoms with Crippen LogP contribution in [0.5, 0.6) is 0 Å². The number of carbonyl (C=O) groups is 3. The van der Waals surface area contributed by atoms with E-state index in [-0.39, 0.29) is 31.1 Å². The Bertz CT molecular complexity index is 1130. The third kappa shape index (κ3) is 48.1. The molecule has 0 fully saturated rings. The SMILES string of the molecule is CC/C=C/C=C/C=C/C=C/CCCCCC(=O)OCC(COC(=O)CCCCCCCCC/C=C/CCCCCCCC)OC(=O)CCCCCCCCCCCCCCCC. The minimum Gasteiger partial charge on any atom is -0.462 e. The van der Waals surface area contributed by atoms with E-state index in [1.807, 2.05) is 30.4 Å². The molecule has 358 valence electrons. The summed E-state index contributed by atoms with van der Waals surface area (Å²) in [5, 5.41) is 0. The smallest absolute Gasteiger partial charge is 0.306 e. The van der Waals surface area contributed by atoms with Crippen LogP contribution in [-0.2, 0) is 28.6 Å². The summed E-state index contributed by atoms with van der Waals surface area (Å²) in [5.41, 5.74) is 0. The van der Waals surface area contributed by atoms with Gasteiger partial charge in [0, 0.05) is 19.3 Å². The van der Waals surface area contributed by atoms with Gasteiger partial charge in [-0.1, -0.05) is 236 Å². The van der Waals surface area contributed by atoms with Crippen LogP contribution in [0.15, 0.2) is 60.8 Å². The van der Waals surface area contributed by atoms with Crippen molar-refractivity contribution in [1.29, 1.82) is 0 Å². The molecule has 0 saturated carbocycles. The molecule has 0 aromatic carbocycles. The standard InChI is InChI=1S/C56H98O6/c1-4-7-10-13-16-19-22-25-27-28-29-32-34-37-40-43-46-49-55(58)61-52-53(51-60-54(57)48-45-42-39-36-33-30-24-21-18-15-12-9-6-3)62-56(59)50-47-44-41-38-35-31-26-23-20-17-14-11-8-5-2/h9,12,15,18,21,24-25,27,30,33,53H,4-8,10-11,13-14,16-17,19-20,22-23,26,28-29,31-32,34-52H2,1-3H3/b12-9+,18-15+,24-21+,27-25+,33-30+. The van der Waals surface area contributed by atoms with Crippen LogP contribution >= 0.6 is 0 Å². The Morgan fingerprint density at radius 3 is 1.05 bits per heavy atom. The van der Waals surface area contributed by atoms with Crippen molar-refractivity contribution in [3.63, 3.8) is 0 Å². The lowest BCUT2D eigenvalue weighted by Gasteiger charge is -2.18. The molecule has 0 amide bonds. The van der Waals surface area contributed by atoms with Crippen LogP contribution in [0.1, 0.15) is 258 Å². The number of hydrogen-bond acceptors (Lipinski definition) is 6. The van der Waals surface area contributed by atoms with E-state index in [4.69, 9.17) is 14.2 Å². The minimum atomic E-state index is -0.789. The lowest BCUT2D eigenvalue weighted by molar-refractivity contribution is -0.167. The monoisotopic (exact) mass is 867 g/mol. The summed E-state index contributed by atoms with van der Waals surface area (Å²) < 4.78 is 16.8. The first-order chi connectivity index (χ1) is 30.5. The quantitative estimate of drug-likeness (QED) is 0.0199. The van der Waals surface area contributed by atoms with Crippen molar-refractivity contribution in [2.45, 2.75) is 264 Å². The van der Waals surface area contributed by atoms with Crippen LogP contribution in [0.2, 0.25) is 0 Å². The zero-order valence-electron chi connectivity index (χ0n) is 40.9. The van der Waals surface area contributed by atoms with Crippen molar-refractivity contribution in [2.75, 3.05) is 13.2 Å². The summed E-state index contributed by atoms with van der Waals surface area (Å²) in [6.07, 6.45) is 62.0. The average molecular weight is 867 g/mol. The lowest BCUT2D eigenvalue weighted by atomic mass is 10.0.